The summed E-state index contributed by atoms with van der Waals surface area (Å²) in [7, 11) is 0. The van der Waals surface area contributed by atoms with Crippen molar-refractivity contribution < 1.29 is 9.84 Å². The fourth-order valence-corrected chi connectivity index (χ4v) is 2.73. The summed E-state index contributed by atoms with van der Waals surface area (Å²) in [5.41, 5.74) is 2.54. The molecule has 0 saturated carbocycles. The Balaban J connectivity index is 1.93. The van der Waals surface area contributed by atoms with Crippen molar-refractivity contribution in [2.75, 3.05) is 17.2 Å². The maximum absolute atomic E-state index is 11.4. The van der Waals surface area contributed by atoms with Crippen LogP contribution in [-0.4, -0.2) is 37.3 Å². The van der Waals surface area contributed by atoms with Gasteiger partial charge in [0.2, 0.25) is 11.9 Å². The van der Waals surface area contributed by atoms with Gasteiger partial charge in [0.25, 0.3) is 0 Å². The molecular formula is C18H25N7O2. The van der Waals surface area contributed by atoms with Crippen LogP contribution in [0.15, 0.2) is 30.7 Å². The number of aliphatic hydroxyl groups excluding tert-OH is 1. The van der Waals surface area contributed by atoms with Gasteiger partial charge in [-0.2, -0.15) is 24.3 Å². The molecular weight excluding hydrogens is 346 g/mol. The molecule has 3 N–H and O–H groups in total. The third-order valence-corrected chi connectivity index (χ3v) is 4.42. The maximum atomic E-state index is 11.4. The Morgan fingerprint density at radius 3 is 2.81 bits per heavy atom. The largest absolute Gasteiger partial charge is 0.619 e. The summed E-state index contributed by atoms with van der Waals surface area (Å²) >= 11 is 0. The van der Waals surface area contributed by atoms with Crippen LogP contribution in [0.1, 0.15) is 31.9 Å². The smallest absolute Gasteiger partial charge is 0.229 e. The average molecular weight is 371 g/mol. The maximum Gasteiger partial charge on any atom is 0.229 e. The second-order valence-corrected chi connectivity index (χ2v) is 6.73. The predicted molar refractivity (Wildman–Crippen MR) is 102 cm³/mol. The zero-order valence-electron chi connectivity index (χ0n) is 15.8. The summed E-state index contributed by atoms with van der Waals surface area (Å²) < 4.78 is 2.42. The van der Waals surface area contributed by atoms with E-state index < -0.39 is 0 Å². The van der Waals surface area contributed by atoms with E-state index in [0.29, 0.717) is 24.1 Å². The van der Waals surface area contributed by atoms with Crippen molar-refractivity contribution in [1.29, 1.82) is 0 Å². The monoisotopic (exact) mass is 371 g/mol. The number of rotatable bonds is 8. The van der Waals surface area contributed by atoms with Gasteiger partial charge in [-0.25, -0.2) is 0 Å². The number of fused-ring (bicyclic) bond motifs is 1. The highest BCUT2D eigenvalue weighted by molar-refractivity contribution is 5.54. The molecule has 3 heterocycles. The van der Waals surface area contributed by atoms with E-state index in [0.717, 1.165) is 22.3 Å². The first-order valence-corrected chi connectivity index (χ1v) is 9.05. The van der Waals surface area contributed by atoms with Gasteiger partial charge in [0.1, 0.15) is 0 Å². The van der Waals surface area contributed by atoms with E-state index in [1.54, 1.807) is 16.8 Å². The first-order valence-electron chi connectivity index (χ1n) is 9.05. The van der Waals surface area contributed by atoms with Crippen LogP contribution in [0.4, 0.5) is 11.9 Å². The van der Waals surface area contributed by atoms with Gasteiger partial charge in [-0.05, 0) is 18.4 Å². The lowest BCUT2D eigenvalue weighted by molar-refractivity contribution is -0.605. The van der Waals surface area contributed by atoms with E-state index >= 15 is 0 Å². The molecule has 9 heteroatoms. The molecule has 0 radical (unpaired) electrons. The van der Waals surface area contributed by atoms with Crippen molar-refractivity contribution >= 4 is 17.5 Å². The van der Waals surface area contributed by atoms with Crippen LogP contribution >= 0.6 is 0 Å². The Hall–Kier alpha value is -2.94. The topological polar surface area (TPSA) is 114 Å². The van der Waals surface area contributed by atoms with Gasteiger partial charge in [0, 0.05) is 23.7 Å². The third kappa shape index (κ3) is 4.25. The minimum Gasteiger partial charge on any atom is -0.619 e. The van der Waals surface area contributed by atoms with Crippen molar-refractivity contribution in [3.05, 3.63) is 47.1 Å². The van der Waals surface area contributed by atoms with Gasteiger partial charge in [-0.3, -0.25) is 0 Å². The number of nitrogens with zero attached hydrogens (tertiary/aromatic N) is 5. The van der Waals surface area contributed by atoms with Gasteiger partial charge in [0.05, 0.1) is 18.8 Å². The molecule has 0 amide bonds. The standard InChI is InChI=1S/C18H25N7O2/c1-4-14-9-20-25-16(14)22-17(21-15(11-26)12(2)3)23-18(25)19-8-13-6-5-7-24(27)10-13/h5-7,9-10,12,15,26H,4,8,11H2,1-3H3,(H2,19,21,22,23)/t15-/m1/s1. The zero-order chi connectivity index (χ0) is 19.4. The molecule has 0 saturated heterocycles. The van der Waals surface area contributed by atoms with E-state index in [4.69, 9.17) is 0 Å². The molecule has 0 fully saturated rings. The quantitative estimate of drug-likeness (QED) is 0.405. The fourth-order valence-electron chi connectivity index (χ4n) is 2.73. The second-order valence-electron chi connectivity index (χ2n) is 6.73. The number of nitrogens with one attached hydrogen (secondary N) is 2. The molecule has 27 heavy (non-hydrogen) atoms. The Morgan fingerprint density at radius 1 is 1.33 bits per heavy atom. The molecule has 0 aliphatic carbocycles. The lowest BCUT2D eigenvalue weighted by Crippen LogP contribution is -2.30. The highest BCUT2D eigenvalue weighted by Crippen LogP contribution is 2.18. The van der Waals surface area contributed by atoms with E-state index in [1.165, 1.54) is 12.4 Å². The number of aliphatic hydroxyl groups is 1. The van der Waals surface area contributed by atoms with Crippen molar-refractivity contribution in [2.45, 2.75) is 39.8 Å². The average Bonchev–Trinajstić information content (AvgIpc) is 3.07. The number of hydrogen-bond donors (Lipinski definition) is 3. The minimum atomic E-state index is -0.151. The SMILES string of the molecule is CCc1cnn2c(NCc3ccc[n+]([O-])c3)nc(N[C@H](CO)C(C)C)nc12. The molecule has 0 aromatic carbocycles. The van der Waals surface area contributed by atoms with E-state index in [2.05, 4.69) is 25.7 Å². The summed E-state index contributed by atoms with van der Waals surface area (Å²) in [5.74, 6) is 1.17. The molecule has 1 atom stereocenters. The molecule has 3 aromatic heterocycles. The lowest BCUT2D eigenvalue weighted by Gasteiger charge is -2.20. The summed E-state index contributed by atoms with van der Waals surface area (Å²) in [6.45, 7) is 6.50. The Kier molecular flexibility index (Phi) is 5.70. The first-order chi connectivity index (χ1) is 13.0. The number of hydrogen-bond acceptors (Lipinski definition) is 7. The highest BCUT2D eigenvalue weighted by Gasteiger charge is 2.17. The molecule has 9 nitrogen and oxygen atoms in total. The van der Waals surface area contributed by atoms with Crippen molar-refractivity contribution in [3.63, 3.8) is 0 Å². The van der Waals surface area contributed by atoms with Crippen LogP contribution in [0.25, 0.3) is 5.65 Å². The Bertz CT molecular complexity index is 910. The Labute approximate surface area is 157 Å². The molecule has 3 rings (SSSR count). The van der Waals surface area contributed by atoms with Crippen LogP contribution in [0.2, 0.25) is 0 Å². The molecule has 0 unspecified atom stereocenters. The van der Waals surface area contributed by atoms with Gasteiger partial charge >= 0.3 is 0 Å². The van der Waals surface area contributed by atoms with Gasteiger partial charge in [0.15, 0.2) is 18.0 Å². The number of pyridine rings is 1. The van der Waals surface area contributed by atoms with Crippen LogP contribution < -0.4 is 15.4 Å². The van der Waals surface area contributed by atoms with E-state index in [-0.39, 0.29) is 18.6 Å². The van der Waals surface area contributed by atoms with Crippen LogP contribution in [0.3, 0.4) is 0 Å². The molecule has 144 valence electrons. The number of aryl methyl sites for hydroxylation is 1. The fraction of sp³-hybridized carbons (Fsp3) is 0.444. The summed E-state index contributed by atoms with van der Waals surface area (Å²) in [6, 6.07) is 3.41. The summed E-state index contributed by atoms with van der Waals surface area (Å²) in [4.78, 5) is 9.11. The van der Waals surface area contributed by atoms with Gasteiger partial charge < -0.3 is 20.9 Å². The van der Waals surface area contributed by atoms with Crippen molar-refractivity contribution in [3.8, 4) is 0 Å². The number of aromatic nitrogens is 5. The third-order valence-electron chi connectivity index (χ3n) is 4.42. The molecule has 3 aromatic rings. The van der Waals surface area contributed by atoms with Gasteiger partial charge in [-0.1, -0.05) is 20.8 Å². The molecule has 0 aliphatic heterocycles. The first kappa shape index (κ1) is 18.8. The summed E-state index contributed by atoms with van der Waals surface area (Å²) in [5, 5.41) is 31.8. The van der Waals surface area contributed by atoms with E-state index in [1.807, 2.05) is 26.8 Å². The second kappa shape index (κ2) is 8.17. The Morgan fingerprint density at radius 2 is 2.15 bits per heavy atom. The highest BCUT2D eigenvalue weighted by atomic mass is 16.5. The number of anilines is 2. The lowest BCUT2D eigenvalue weighted by atomic mass is 10.1. The normalized spacial score (nSPS) is 12.5. The molecule has 0 spiro atoms. The van der Waals surface area contributed by atoms with Crippen molar-refractivity contribution in [1.82, 2.24) is 19.6 Å². The van der Waals surface area contributed by atoms with Crippen molar-refractivity contribution in [2.24, 2.45) is 5.92 Å². The van der Waals surface area contributed by atoms with Crippen LogP contribution in [0, 0.1) is 11.1 Å². The van der Waals surface area contributed by atoms with Crippen LogP contribution in [0.5, 0.6) is 0 Å². The zero-order valence-corrected chi connectivity index (χ0v) is 15.8. The predicted octanol–water partition coefficient (Wildman–Crippen LogP) is 1.36. The summed E-state index contributed by atoms with van der Waals surface area (Å²) in [6.07, 6.45) is 5.52. The minimum absolute atomic E-state index is 0.0115. The molecule has 0 bridgehead atoms. The van der Waals surface area contributed by atoms with E-state index in [9.17, 15) is 10.3 Å². The van der Waals surface area contributed by atoms with Gasteiger partial charge in [-0.15, -0.1) is 0 Å². The molecule has 0 aliphatic rings. The van der Waals surface area contributed by atoms with Crippen LogP contribution in [-0.2, 0) is 13.0 Å².